The highest BCUT2D eigenvalue weighted by Crippen LogP contribution is 1.95. The predicted octanol–water partition coefficient (Wildman–Crippen LogP) is 1.97. The quantitative estimate of drug-likeness (QED) is 0.432. The minimum Gasteiger partial charge on any atom is -0.385 e. The molecule has 0 N–H and O–H groups in total. The first kappa shape index (κ1) is 12.2. The summed E-state index contributed by atoms with van der Waals surface area (Å²) in [6.45, 7) is 3.13. The van der Waals surface area contributed by atoms with Gasteiger partial charge in [-0.25, -0.2) is 0 Å². The number of nitrogens with zero attached hydrogens (tertiary/aromatic N) is 1. The molecule has 0 atom stereocenters. The molecule has 0 rings (SSSR count). The van der Waals surface area contributed by atoms with Crippen LogP contribution in [0.2, 0.25) is 0 Å². The highest BCUT2D eigenvalue weighted by atomic mass is 35.5. The van der Waals surface area contributed by atoms with E-state index in [0.29, 0.717) is 0 Å². The zero-order valence-corrected chi connectivity index (χ0v) is 8.94. The molecule has 0 spiro atoms. The van der Waals surface area contributed by atoms with Crippen LogP contribution >= 0.6 is 11.6 Å². The first-order valence-corrected chi connectivity index (χ1v) is 5.08. The second-order valence-corrected chi connectivity index (χ2v) is 3.42. The SMILES string of the molecule is COCCCN(C)CCCCCl. The van der Waals surface area contributed by atoms with Crippen LogP contribution in [-0.2, 0) is 4.74 Å². The molecular weight excluding hydrogens is 174 g/mol. The molecule has 0 aliphatic rings. The molecular formula is C9H20ClNO. The Morgan fingerprint density at radius 1 is 1.17 bits per heavy atom. The van der Waals surface area contributed by atoms with Gasteiger partial charge in [-0.3, -0.25) is 0 Å². The van der Waals surface area contributed by atoms with Crippen molar-refractivity contribution >= 4 is 11.6 Å². The number of ether oxygens (including phenoxy) is 1. The fraction of sp³-hybridized carbons (Fsp3) is 1.00. The average molecular weight is 194 g/mol. The number of unbranched alkanes of at least 4 members (excludes halogenated alkanes) is 1. The van der Waals surface area contributed by atoms with Crippen molar-refractivity contribution in [2.75, 3.05) is 39.7 Å². The maximum absolute atomic E-state index is 5.57. The van der Waals surface area contributed by atoms with Crippen molar-refractivity contribution in [1.29, 1.82) is 0 Å². The summed E-state index contributed by atoms with van der Waals surface area (Å²) in [5.74, 6) is 0.784. The van der Waals surface area contributed by atoms with Gasteiger partial charge >= 0.3 is 0 Å². The van der Waals surface area contributed by atoms with Gasteiger partial charge in [0.05, 0.1) is 0 Å². The van der Waals surface area contributed by atoms with Crippen molar-refractivity contribution in [3.8, 4) is 0 Å². The normalized spacial score (nSPS) is 11.0. The standard InChI is InChI=1S/C9H20ClNO/c1-11(7-4-3-6-10)8-5-9-12-2/h3-9H2,1-2H3. The third kappa shape index (κ3) is 8.31. The molecule has 12 heavy (non-hydrogen) atoms. The van der Waals surface area contributed by atoms with Crippen molar-refractivity contribution in [1.82, 2.24) is 4.90 Å². The second kappa shape index (κ2) is 9.30. The van der Waals surface area contributed by atoms with Crippen LogP contribution in [0.4, 0.5) is 0 Å². The summed E-state index contributed by atoms with van der Waals surface area (Å²) in [7, 11) is 3.89. The van der Waals surface area contributed by atoms with E-state index >= 15 is 0 Å². The average Bonchev–Trinajstić information content (AvgIpc) is 2.06. The van der Waals surface area contributed by atoms with Crippen LogP contribution in [0.5, 0.6) is 0 Å². The zero-order valence-electron chi connectivity index (χ0n) is 8.18. The van der Waals surface area contributed by atoms with Crippen LogP contribution in [0.15, 0.2) is 0 Å². The summed E-state index contributed by atoms with van der Waals surface area (Å²) < 4.78 is 4.97. The Morgan fingerprint density at radius 3 is 2.42 bits per heavy atom. The first-order valence-electron chi connectivity index (χ1n) is 4.54. The number of hydrogen-bond donors (Lipinski definition) is 0. The van der Waals surface area contributed by atoms with E-state index in [1.807, 2.05) is 0 Å². The Balaban J connectivity index is 3.04. The molecule has 0 radical (unpaired) electrons. The molecule has 2 nitrogen and oxygen atoms in total. The van der Waals surface area contributed by atoms with E-state index in [-0.39, 0.29) is 0 Å². The molecule has 0 amide bonds. The van der Waals surface area contributed by atoms with E-state index in [0.717, 1.165) is 38.4 Å². The number of halogens is 1. The second-order valence-electron chi connectivity index (χ2n) is 3.05. The largest absolute Gasteiger partial charge is 0.385 e. The van der Waals surface area contributed by atoms with E-state index in [4.69, 9.17) is 16.3 Å². The molecule has 0 fully saturated rings. The van der Waals surface area contributed by atoms with E-state index < -0.39 is 0 Å². The van der Waals surface area contributed by atoms with Crippen LogP contribution in [0.25, 0.3) is 0 Å². The van der Waals surface area contributed by atoms with Gasteiger partial charge in [-0.15, -0.1) is 11.6 Å². The molecule has 3 heteroatoms. The molecule has 0 unspecified atom stereocenters. The highest BCUT2D eigenvalue weighted by molar-refractivity contribution is 6.17. The van der Waals surface area contributed by atoms with Crippen molar-refractivity contribution in [3.05, 3.63) is 0 Å². The Hall–Kier alpha value is 0.210. The summed E-state index contributed by atoms with van der Waals surface area (Å²) >= 11 is 5.57. The van der Waals surface area contributed by atoms with E-state index in [2.05, 4.69) is 11.9 Å². The van der Waals surface area contributed by atoms with Gasteiger partial charge in [0.25, 0.3) is 0 Å². The number of methoxy groups -OCH3 is 1. The number of rotatable bonds is 8. The lowest BCUT2D eigenvalue weighted by Gasteiger charge is -2.15. The van der Waals surface area contributed by atoms with Gasteiger partial charge in [0, 0.05) is 26.1 Å². The lowest BCUT2D eigenvalue weighted by Crippen LogP contribution is -2.21. The zero-order chi connectivity index (χ0) is 9.23. The number of alkyl halides is 1. The highest BCUT2D eigenvalue weighted by Gasteiger charge is 1.96. The summed E-state index contributed by atoms with van der Waals surface area (Å²) in [6, 6.07) is 0. The van der Waals surface area contributed by atoms with Crippen LogP contribution < -0.4 is 0 Å². The summed E-state index contributed by atoms with van der Waals surface area (Å²) in [5.41, 5.74) is 0. The van der Waals surface area contributed by atoms with Gasteiger partial charge in [0.2, 0.25) is 0 Å². The summed E-state index contributed by atoms with van der Waals surface area (Å²) in [5, 5.41) is 0. The maximum Gasteiger partial charge on any atom is 0.0474 e. The van der Waals surface area contributed by atoms with Gasteiger partial charge in [-0.1, -0.05) is 0 Å². The van der Waals surface area contributed by atoms with Crippen LogP contribution in [0.3, 0.4) is 0 Å². The van der Waals surface area contributed by atoms with Crippen molar-refractivity contribution < 1.29 is 4.74 Å². The van der Waals surface area contributed by atoms with E-state index in [9.17, 15) is 0 Å². The molecule has 0 saturated carbocycles. The molecule has 0 heterocycles. The fourth-order valence-electron chi connectivity index (χ4n) is 1.07. The Bertz CT molecular complexity index is 80.6. The van der Waals surface area contributed by atoms with Gasteiger partial charge < -0.3 is 9.64 Å². The third-order valence-corrected chi connectivity index (χ3v) is 2.08. The smallest absolute Gasteiger partial charge is 0.0474 e. The first-order chi connectivity index (χ1) is 5.81. The Labute approximate surface area is 80.8 Å². The predicted molar refractivity (Wildman–Crippen MR) is 53.9 cm³/mol. The van der Waals surface area contributed by atoms with E-state index in [1.165, 1.54) is 6.42 Å². The maximum atomic E-state index is 5.57. The minimum absolute atomic E-state index is 0.784. The lowest BCUT2D eigenvalue weighted by molar-refractivity contribution is 0.179. The monoisotopic (exact) mass is 193 g/mol. The molecule has 0 saturated heterocycles. The van der Waals surface area contributed by atoms with Crippen LogP contribution in [0.1, 0.15) is 19.3 Å². The number of hydrogen-bond acceptors (Lipinski definition) is 2. The molecule has 0 bridgehead atoms. The lowest BCUT2D eigenvalue weighted by atomic mass is 10.3. The molecule has 0 aliphatic heterocycles. The molecule has 0 aromatic rings. The van der Waals surface area contributed by atoms with Gasteiger partial charge in [-0.2, -0.15) is 0 Å². The molecule has 0 aliphatic carbocycles. The minimum atomic E-state index is 0.784. The fourth-order valence-corrected chi connectivity index (χ4v) is 1.26. The Morgan fingerprint density at radius 2 is 1.83 bits per heavy atom. The van der Waals surface area contributed by atoms with E-state index in [1.54, 1.807) is 7.11 Å². The summed E-state index contributed by atoms with van der Waals surface area (Å²) in [6.07, 6.45) is 3.44. The van der Waals surface area contributed by atoms with Crippen LogP contribution in [-0.4, -0.2) is 44.6 Å². The molecule has 0 aromatic heterocycles. The Kier molecular flexibility index (Phi) is 9.46. The molecule has 74 valence electrons. The van der Waals surface area contributed by atoms with Crippen molar-refractivity contribution in [2.24, 2.45) is 0 Å². The van der Waals surface area contributed by atoms with Gasteiger partial charge in [-0.05, 0) is 32.9 Å². The van der Waals surface area contributed by atoms with Crippen LogP contribution in [0, 0.1) is 0 Å². The third-order valence-electron chi connectivity index (χ3n) is 1.81. The molecule has 0 aromatic carbocycles. The summed E-state index contributed by atoms with van der Waals surface area (Å²) in [4.78, 5) is 2.32. The van der Waals surface area contributed by atoms with Crippen molar-refractivity contribution in [2.45, 2.75) is 19.3 Å². The van der Waals surface area contributed by atoms with Gasteiger partial charge in [0.15, 0.2) is 0 Å². The van der Waals surface area contributed by atoms with Crippen molar-refractivity contribution in [3.63, 3.8) is 0 Å². The topological polar surface area (TPSA) is 12.5 Å². The van der Waals surface area contributed by atoms with Gasteiger partial charge in [0.1, 0.15) is 0 Å².